The van der Waals surface area contributed by atoms with E-state index < -0.39 is 11.6 Å². The van der Waals surface area contributed by atoms with Crippen molar-refractivity contribution >= 4 is 17.5 Å². The summed E-state index contributed by atoms with van der Waals surface area (Å²) in [5, 5.41) is 2.45. The molecule has 0 aliphatic carbocycles. The number of anilines is 1. The van der Waals surface area contributed by atoms with Gasteiger partial charge in [-0.05, 0) is 12.1 Å². The quantitative estimate of drug-likeness (QED) is 0.767. The van der Waals surface area contributed by atoms with E-state index in [1.165, 1.54) is 11.0 Å². The fourth-order valence-electron chi connectivity index (χ4n) is 1.53. The molecule has 7 heteroatoms. The van der Waals surface area contributed by atoms with Gasteiger partial charge in [-0.3, -0.25) is 9.59 Å². The van der Waals surface area contributed by atoms with Gasteiger partial charge in [-0.25, -0.2) is 8.78 Å². The van der Waals surface area contributed by atoms with Crippen LogP contribution < -0.4 is 10.2 Å². The van der Waals surface area contributed by atoms with Crippen molar-refractivity contribution in [3.8, 4) is 0 Å². The highest BCUT2D eigenvalue weighted by atomic mass is 19.2. The molecule has 1 atom stereocenters. The van der Waals surface area contributed by atoms with Gasteiger partial charge in [0, 0.05) is 25.8 Å². The topological polar surface area (TPSA) is 53.9 Å². The molecule has 0 aromatic heterocycles. The highest BCUT2D eigenvalue weighted by molar-refractivity contribution is 5.91. The summed E-state index contributed by atoms with van der Waals surface area (Å²) in [6, 6.07) is 3.13. The lowest BCUT2D eigenvalue weighted by atomic mass is 10.3. The van der Waals surface area contributed by atoms with E-state index in [2.05, 4.69) is 5.32 Å². The molecule has 5 nitrogen and oxygen atoms in total. The van der Waals surface area contributed by atoms with Gasteiger partial charge in [-0.2, -0.15) is 0 Å². The second-order valence-electron chi connectivity index (χ2n) is 4.78. The molecule has 2 amide bonds. The van der Waals surface area contributed by atoms with Crippen LogP contribution in [0.1, 0.15) is 0 Å². The number of quaternary nitrogens is 1. The average molecular weight is 286 g/mol. The summed E-state index contributed by atoms with van der Waals surface area (Å²) in [5.74, 6) is -2.46. The van der Waals surface area contributed by atoms with Gasteiger partial charge in [0.2, 0.25) is 0 Å². The predicted molar refractivity (Wildman–Crippen MR) is 70.3 cm³/mol. The van der Waals surface area contributed by atoms with Crippen LogP contribution in [0.2, 0.25) is 0 Å². The van der Waals surface area contributed by atoms with Crippen LogP contribution in [-0.2, 0) is 9.59 Å². The number of nitrogens with zero attached hydrogens (tertiary/aromatic N) is 1. The Morgan fingerprint density at radius 2 is 1.85 bits per heavy atom. The van der Waals surface area contributed by atoms with E-state index in [1.807, 2.05) is 0 Å². The first-order valence-electron chi connectivity index (χ1n) is 6.06. The second-order valence-corrected chi connectivity index (χ2v) is 4.78. The molecule has 0 radical (unpaired) electrons. The minimum absolute atomic E-state index is 0.0541. The minimum Gasteiger partial charge on any atom is -0.344 e. The number of hydrogen-bond acceptors (Lipinski definition) is 2. The number of likely N-dealkylation sites (N-methyl/N-ethyl adjacent to an activating group) is 2. The zero-order chi connectivity index (χ0) is 15.3. The summed E-state index contributed by atoms with van der Waals surface area (Å²) in [7, 11) is 4.97. The van der Waals surface area contributed by atoms with Gasteiger partial charge in [-0.15, -0.1) is 0 Å². The fraction of sp³-hybridized carbons (Fsp3) is 0.385. The summed E-state index contributed by atoms with van der Waals surface area (Å²) < 4.78 is 25.7. The maximum Gasteiger partial charge on any atom is 0.279 e. The first kappa shape index (κ1) is 16.0. The third kappa shape index (κ3) is 4.93. The van der Waals surface area contributed by atoms with Crippen molar-refractivity contribution in [2.45, 2.75) is 0 Å². The van der Waals surface area contributed by atoms with E-state index in [0.717, 1.165) is 12.1 Å². The van der Waals surface area contributed by atoms with Crippen LogP contribution in [0.5, 0.6) is 0 Å². The fourth-order valence-corrected chi connectivity index (χ4v) is 1.53. The number of rotatable bonds is 5. The van der Waals surface area contributed by atoms with Gasteiger partial charge in [-0.1, -0.05) is 0 Å². The number of hydrogen-bond donors (Lipinski definition) is 2. The molecule has 0 fully saturated rings. The van der Waals surface area contributed by atoms with Crippen molar-refractivity contribution in [3.63, 3.8) is 0 Å². The van der Waals surface area contributed by atoms with Gasteiger partial charge in [0.25, 0.3) is 11.8 Å². The van der Waals surface area contributed by atoms with Crippen molar-refractivity contribution < 1.29 is 23.3 Å². The number of benzene rings is 1. The molecular formula is C13H18F2N3O2+. The van der Waals surface area contributed by atoms with E-state index >= 15 is 0 Å². The van der Waals surface area contributed by atoms with Crippen molar-refractivity contribution in [1.29, 1.82) is 0 Å². The van der Waals surface area contributed by atoms with Crippen LogP contribution in [-0.4, -0.2) is 50.9 Å². The Kier molecular flexibility index (Phi) is 5.57. The maximum absolute atomic E-state index is 13.0. The van der Waals surface area contributed by atoms with Crippen LogP contribution in [0, 0.1) is 11.6 Å². The molecule has 110 valence electrons. The highest BCUT2D eigenvalue weighted by Crippen LogP contribution is 2.12. The third-order valence-electron chi connectivity index (χ3n) is 2.62. The molecule has 2 N–H and O–H groups in total. The van der Waals surface area contributed by atoms with E-state index in [1.54, 1.807) is 21.1 Å². The summed E-state index contributed by atoms with van der Waals surface area (Å²) in [4.78, 5) is 25.3. The molecule has 1 unspecified atom stereocenters. The molecule has 1 rings (SSSR count). The van der Waals surface area contributed by atoms with Crippen LogP contribution in [0.15, 0.2) is 18.2 Å². The van der Waals surface area contributed by atoms with E-state index in [4.69, 9.17) is 0 Å². The average Bonchev–Trinajstić information content (AvgIpc) is 2.33. The van der Waals surface area contributed by atoms with Crippen LogP contribution >= 0.6 is 0 Å². The largest absolute Gasteiger partial charge is 0.344 e. The summed E-state index contributed by atoms with van der Waals surface area (Å²) >= 11 is 0. The minimum atomic E-state index is -1.02. The van der Waals surface area contributed by atoms with Gasteiger partial charge in [0.1, 0.15) is 0 Å². The van der Waals surface area contributed by atoms with Gasteiger partial charge in [0.05, 0.1) is 7.05 Å². The van der Waals surface area contributed by atoms with Gasteiger partial charge >= 0.3 is 0 Å². The van der Waals surface area contributed by atoms with E-state index in [0.29, 0.717) is 4.90 Å². The van der Waals surface area contributed by atoms with E-state index in [9.17, 15) is 18.4 Å². The van der Waals surface area contributed by atoms with Gasteiger partial charge in [0.15, 0.2) is 24.7 Å². The second kappa shape index (κ2) is 6.95. The lowest BCUT2D eigenvalue weighted by Crippen LogP contribution is -3.11. The van der Waals surface area contributed by atoms with Gasteiger partial charge < -0.3 is 15.1 Å². The van der Waals surface area contributed by atoms with Crippen molar-refractivity contribution in [2.24, 2.45) is 0 Å². The smallest absolute Gasteiger partial charge is 0.279 e. The van der Waals surface area contributed by atoms with Crippen molar-refractivity contribution in [2.75, 3.05) is 39.5 Å². The lowest BCUT2D eigenvalue weighted by molar-refractivity contribution is -0.862. The zero-order valence-corrected chi connectivity index (χ0v) is 11.7. The van der Waals surface area contributed by atoms with Crippen LogP contribution in [0.4, 0.5) is 14.5 Å². The maximum atomic E-state index is 13.0. The van der Waals surface area contributed by atoms with Crippen LogP contribution in [0.3, 0.4) is 0 Å². The molecule has 0 saturated carbocycles. The molecule has 0 aliphatic heterocycles. The Labute approximate surface area is 116 Å². The Bertz CT molecular complexity index is 506. The van der Waals surface area contributed by atoms with Crippen LogP contribution in [0.25, 0.3) is 0 Å². The molecule has 0 heterocycles. The Hall–Kier alpha value is -2.02. The summed E-state index contributed by atoms with van der Waals surface area (Å²) in [6.45, 7) is 0.233. The Balaban J connectivity index is 2.50. The molecule has 1 aromatic carbocycles. The molecule has 20 heavy (non-hydrogen) atoms. The standard InChI is InChI=1S/C13H17F2N3O2/c1-17(2)13(20)8-18(3)7-12(19)16-9-4-5-10(14)11(15)6-9/h4-6H,7-8H2,1-3H3,(H,16,19)/p+1. The first-order chi connectivity index (χ1) is 9.29. The Morgan fingerprint density at radius 3 is 2.40 bits per heavy atom. The summed E-state index contributed by atoms with van der Waals surface area (Å²) in [6.07, 6.45) is 0. The van der Waals surface area contributed by atoms with Crippen molar-refractivity contribution in [3.05, 3.63) is 29.8 Å². The first-order valence-corrected chi connectivity index (χ1v) is 6.06. The molecular weight excluding hydrogens is 268 g/mol. The molecule has 0 aliphatic rings. The molecule has 0 spiro atoms. The normalized spacial score (nSPS) is 11.8. The third-order valence-corrected chi connectivity index (χ3v) is 2.62. The molecule has 1 aromatic rings. The predicted octanol–water partition coefficient (Wildman–Crippen LogP) is -0.494. The number of carbonyl (C=O) groups is 2. The summed E-state index contributed by atoms with van der Waals surface area (Å²) in [5.41, 5.74) is 0.181. The molecule has 0 saturated heterocycles. The number of nitrogens with one attached hydrogen (secondary N) is 2. The van der Waals surface area contributed by atoms with E-state index in [-0.39, 0.29) is 30.6 Å². The monoisotopic (exact) mass is 286 g/mol. The Morgan fingerprint density at radius 1 is 1.20 bits per heavy atom. The molecule has 0 bridgehead atoms. The number of carbonyl (C=O) groups excluding carboxylic acids is 2. The lowest BCUT2D eigenvalue weighted by Gasteiger charge is -2.16. The number of halogens is 2. The number of amides is 2. The zero-order valence-electron chi connectivity index (χ0n) is 11.7. The highest BCUT2D eigenvalue weighted by Gasteiger charge is 2.15. The van der Waals surface area contributed by atoms with Crippen molar-refractivity contribution in [1.82, 2.24) is 4.90 Å². The SMILES string of the molecule is CN(C)C(=O)C[NH+](C)CC(=O)Nc1ccc(F)c(F)c1.